The molecule has 2 nitrogen and oxygen atoms in total. The Morgan fingerprint density at radius 2 is 1.67 bits per heavy atom. The molecule has 3 heteroatoms. The highest BCUT2D eigenvalue weighted by Crippen LogP contribution is 2.12. The SMILES string of the molecule is CC(C)(C)CNC(=O)C(C)(C)F. The van der Waals surface area contributed by atoms with E-state index in [1.165, 1.54) is 13.8 Å². The van der Waals surface area contributed by atoms with E-state index < -0.39 is 11.6 Å². The van der Waals surface area contributed by atoms with Crippen LogP contribution in [0, 0.1) is 5.41 Å². The van der Waals surface area contributed by atoms with Gasteiger partial charge in [0.25, 0.3) is 5.91 Å². The number of nitrogens with one attached hydrogen (secondary N) is 1. The molecule has 0 saturated carbocycles. The normalized spacial score (nSPS) is 12.8. The summed E-state index contributed by atoms with van der Waals surface area (Å²) in [5.74, 6) is -0.544. The average molecular weight is 175 g/mol. The molecular weight excluding hydrogens is 157 g/mol. The number of rotatable bonds is 2. The van der Waals surface area contributed by atoms with Gasteiger partial charge in [-0.05, 0) is 19.3 Å². The number of carbonyl (C=O) groups is 1. The van der Waals surface area contributed by atoms with Crippen molar-refractivity contribution in [2.45, 2.75) is 40.3 Å². The number of hydrogen-bond acceptors (Lipinski definition) is 1. The fourth-order valence-corrected chi connectivity index (χ4v) is 0.556. The first-order valence-corrected chi connectivity index (χ1v) is 4.10. The number of amides is 1. The maximum atomic E-state index is 12.9. The zero-order valence-corrected chi connectivity index (χ0v) is 8.49. The van der Waals surface area contributed by atoms with Gasteiger partial charge < -0.3 is 5.32 Å². The van der Waals surface area contributed by atoms with Crippen molar-refractivity contribution in [1.82, 2.24) is 5.32 Å². The minimum absolute atomic E-state index is 0.000903. The second-order valence-electron chi connectivity index (χ2n) is 4.72. The topological polar surface area (TPSA) is 29.1 Å². The van der Waals surface area contributed by atoms with Crippen LogP contribution in [0.15, 0.2) is 0 Å². The Kier molecular flexibility index (Phi) is 3.25. The molecule has 0 aromatic rings. The van der Waals surface area contributed by atoms with E-state index in [2.05, 4.69) is 5.32 Å². The lowest BCUT2D eigenvalue weighted by Crippen LogP contribution is -2.42. The van der Waals surface area contributed by atoms with E-state index >= 15 is 0 Å². The first kappa shape index (κ1) is 11.4. The smallest absolute Gasteiger partial charge is 0.257 e. The van der Waals surface area contributed by atoms with Crippen molar-refractivity contribution in [3.05, 3.63) is 0 Å². The zero-order chi connectivity index (χ0) is 9.99. The molecule has 0 aliphatic rings. The summed E-state index contributed by atoms with van der Waals surface area (Å²) in [5, 5.41) is 2.55. The molecule has 0 spiro atoms. The minimum atomic E-state index is -1.77. The van der Waals surface area contributed by atoms with Gasteiger partial charge >= 0.3 is 0 Å². The Balaban J connectivity index is 3.90. The van der Waals surface area contributed by atoms with E-state index in [1.54, 1.807) is 0 Å². The van der Waals surface area contributed by atoms with Crippen molar-refractivity contribution in [2.24, 2.45) is 5.41 Å². The summed E-state index contributed by atoms with van der Waals surface area (Å²) in [5.41, 5.74) is -1.77. The van der Waals surface area contributed by atoms with Crippen LogP contribution in [0.25, 0.3) is 0 Å². The van der Waals surface area contributed by atoms with Crippen molar-refractivity contribution in [3.63, 3.8) is 0 Å². The Morgan fingerprint density at radius 1 is 1.25 bits per heavy atom. The third kappa shape index (κ3) is 5.10. The molecule has 0 fully saturated rings. The molecule has 0 atom stereocenters. The molecule has 0 bridgehead atoms. The average Bonchev–Trinajstić information content (AvgIpc) is 1.78. The summed E-state index contributed by atoms with van der Waals surface area (Å²) < 4.78 is 12.9. The van der Waals surface area contributed by atoms with E-state index in [4.69, 9.17) is 0 Å². The van der Waals surface area contributed by atoms with Crippen molar-refractivity contribution in [3.8, 4) is 0 Å². The summed E-state index contributed by atoms with van der Waals surface area (Å²) in [6.45, 7) is 8.96. The van der Waals surface area contributed by atoms with Crippen LogP contribution < -0.4 is 5.32 Å². The summed E-state index contributed by atoms with van der Waals surface area (Å²) >= 11 is 0. The van der Waals surface area contributed by atoms with Gasteiger partial charge in [-0.3, -0.25) is 4.79 Å². The van der Waals surface area contributed by atoms with Crippen LogP contribution in [0.5, 0.6) is 0 Å². The Bertz CT molecular complexity index is 164. The fraction of sp³-hybridized carbons (Fsp3) is 0.889. The van der Waals surface area contributed by atoms with Gasteiger partial charge in [0.15, 0.2) is 5.67 Å². The minimum Gasteiger partial charge on any atom is -0.353 e. The van der Waals surface area contributed by atoms with Crippen molar-refractivity contribution in [2.75, 3.05) is 6.54 Å². The lowest BCUT2D eigenvalue weighted by atomic mass is 9.96. The fourth-order valence-electron chi connectivity index (χ4n) is 0.556. The Morgan fingerprint density at radius 3 is 1.92 bits per heavy atom. The lowest BCUT2D eigenvalue weighted by Gasteiger charge is -2.21. The van der Waals surface area contributed by atoms with Crippen LogP contribution in [0.3, 0.4) is 0 Å². The van der Waals surface area contributed by atoms with E-state index in [1.807, 2.05) is 20.8 Å². The number of hydrogen-bond donors (Lipinski definition) is 1. The predicted octanol–water partition coefficient (Wildman–Crippen LogP) is 1.90. The molecule has 1 N–H and O–H groups in total. The first-order valence-electron chi connectivity index (χ1n) is 4.10. The van der Waals surface area contributed by atoms with Crippen LogP contribution in [-0.4, -0.2) is 18.1 Å². The molecule has 0 aromatic heterocycles. The summed E-state index contributed by atoms with van der Waals surface area (Å²) in [4.78, 5) is 11.0. The Hall–Kier alpha value is -0.600. The highest BCUT2D eigenvalue weighted by Gasteiger charge is 2.27. The molecule has 0 heterocycles. The van der Waals surface area contributed by atoms with Gasteiger partial charge in [-0.25, -0.2) is 4.39 Å². The molecule has 0 saturated heterocycles. The number of alkyl halides is 1. The Labute approximate surface area is 73.5 Å². The molecule has 12 heavy (non-hydrogen) atoms. The third-order valence-corrected chi connectivity index (χ3v) is 1.32. The number of carbonyl (C=O) groups excluding carboxylic acids is 1. The maximum Gasteiger partial charge on any atom is 0.257 e. The third-order valence-electron chi connectivity index (χ3n) is 1.32. The standard InChI is InChI=1S/C9H18FNO/c1-8(2,3)6-11-7(12)9(4,5)10/h6H2,1-5H3,(H,11,12). The zero-order valence-electron chi connectivity index (χ0n) is 8.49. The van der Waals surface area contributed by atoms with E-state index in [-0.39, 0.29) is 5.41 Å². The predicted molar refractivity (Wildman–Crippen MR) is 47.7 cm³/mol. The summed E-state index contributed by atoms with van der Waals surface area (Å²) in [6.07, 6.45) is 0. The maximum absolute atomic E-state index is 12.9. The van der Waals surface area contributed by atoms with Crippen LogP contribution >= 0.6 is 0 Å². The van der Waals surface area contributed by atoms with Gasteiger partial charge in [-0.15, -0.1) is 0 Å². The molecule has 0 aromatic carbocycles. The largest absolute Gasteiger partial charge is 0.353 e. The molecule has 72 valence electrons. The van der Waals surface area contributed by atoms with Gasteiger partial charge in [0.2, 0.25) is 0 Å². The van der Waals surface area contributed by atoms with Crippen molar-refractivity contribution >= 4 is 5.91 Å². The molecule has 0 rings (SSSR count). The molecule has 0 radical (unpaired) electrons. The van der Waals surface area contributed by atoms with Crippen LogP contribution in [0.1, 0.15) is 34.6 Å². The molecule has 0 aliphatic heterocycles. The molecule has 0 aliphatic carbocycles. The summed E-state index contributed by atoms with van der Waals surface area (Å²) in [6, 6.07) is 0. The second-order valence-corrected chi connectivity index (χ2v) is 4.72. The second kappa shape index (κ2) is 3.42. The summed E-state index contributed by atoms with van der Waals surface area (Å²) in [7, 11) is 0. The monoisotopic (exact) mass is 175 g/mol. The van der Waals surface area contributed by atoms with Crippen LogP contribution in [0.2, 0.25) is 0 Å². The van der Waals surface area contributed by atoms with E-state index in [0.29, 0.717) is 6.54 Å². The van der Waals surface area contributed by atoms with Crippen molar-refractivity contribution < 1.29 is 9.18 Å². The van der Waals surface area contributed by atoms with Gasteiger partial charge in [-0.2, -0.15) is 0 Å². The lowest BCUT2D eigenvalue weighted by molar-refractivity contribution is -0.131. The van der Waals surface area contributed by atoms with Gasteiger partial charge in [0, 0.05) is 6.54 Å². The van der Waals surface area contributed by atoms with Crippen LogP contribution in [-0.2, 0) is 4.79 Å². The first-order chi connectivity index (χ1) is 5.13. The molecule has 1 amide bonds. The van der Waals surface area contributed by atoms with E-state index in [0.717, 1.165) is 0 Å². The van der Waals surface area contributed by atoms with E-state index in [9.17, 15) is 9.18 Å². The van der Waals surface area contributed by atoms with Gasteiger partial charge in [0.05, 0.1) is 0 Å². The van der Waals surface area contributed by atoms with Gasteiger partial charge in [0.1, 0.15) is 0 Å². The highest BCUT2D eigenvalue weighted by molar-refractivity contribution is 5.84. The van der Waals surface area contributed by atoms with Crippen LogP contribution in [0.4, 0.5) is 4.39 Å². The molecular formula is C9H18FNO. The van der Waals surface area contributed by atoms with Gasteiger partial charge in [-0.1, -0.05) is 20.8 Å². The van der Waals surface area contributed by atoms with Crippen molar-refractivity contribution in [1.29, 1.82) is 0 Å². The quantitative estimate of drug-likeness (QED) is 0.682. The highest BCUT2D eigenvalue weighted by atomic mass is 19.1. The number of halogens is 1. The molecule has 0 unspecified atom stereocenters.